The van der Waals surface area contributed by atoms with Crippen LogP contribution in [0.2, 0.25) is 0 Å². The van der Waals surface area contributed by atoms with Crippen molar-refractivity contribution in [2.45, 2.75) is 6.42 Å². The summed E-state index contributed by atoms with van der Waals surface area (Å²) >= 11 is 0. The van der Waals surface area contributed by atoms with Gasteiger partial charge in [0.05, 0.1) is 12.7 Å². The molecule has 1 aliphatic heterocycles. The zero-order chi connectivity index (χ0) is 13.2. The fraction of sp³-hybridized carbons (Fsp3) is 0.200. The van der Waals surface area contributed by atoms with E-state index in [4.69, 9.17) is 0 Å². The third-order valence-electron chi connectivity index (χ3n) is 3.33. The second kappa shape index (κ2) is 4.72. The fourth-order valence-electron chi connectivity index (χ4n) is 2.36. The number of hydrogen-bond donors (Lipinski definition) is 0. The van der Waals surface area contributed by atoms with Crippen LogP contribution in [0.3, 0.4) is 0 Å². The Kier molecular flexibility index (Phi) is 2.91. The van der Waals surface area contributed by atoms with Crippen molar-refractivity contribution in [1.82, 2.24) is 4.98 Å². The van der Waals surface area contributed by atoms with Crippen LogP contribution >= 0.6 is 0 Å². The number of ether oxygens (including phenoxy) is 1. The number of aromatic nitrogens is 1. The smallest absolute Gasteiger partial charge is 0.339 e. The molecule has 0 spiro atoms. The average Bonchev–Trinajstić information content (AvgIpc) is 2.90. The van der Waals surface area contributed by atoms with Crippen molar-refractivity contribution in [3.8, 4) is 0 Å². The molecule has 1 aromatic heterocycles. The highest BCUT2D eigenvalue weighted by molar-refractivity contribution is 5.89. The Bertz CT molecular complexity index is 608. The van der Waals surface area contributed by atoms with Crippen LogP contribution in [0.4, 0.5) is 11.5 Å². The van der Waals surface area contributed by atoms with E-state index in [1.165, 1.54) is 18.4 Å². The normalized spacial score (nSPS) is 13.2. The first kappa shape index (κ1) is 11.7. The number of carbonyl (C=O) groups excluding carboxylic acids is 1. The Balaban J connectivity index is 1.90. The molecule has 0 fully saturated rings. The summed E-state index contributed by atoms with van der Waals surface area (Å²) in [5, 5.41) is 0. The van der Waals surface area contributed by atoms with Crippen LogP contribution in [-0.4, -0.2) is 24.6 Å². The van der Waals surface area contributed by atoms with Gasteiger partial charge in [-0.05, 0) is 30.2 Å². The maximum atomic E-state index is 11.4. The summed E-state index contributed by atoms with van der Waals surface area (Å²) in [6, 6.07) is 11.9. The zero-order valence-electron chi connectivity index (χ0n) is 10.7. The van der Waals surface area contributed by atoms with Crippen molar-refractivity contribution < 1.29 is 9.53 Å². The number of methoxy groups -OCH3 is 1. The minimum Gasteiger partial charge on any atom is -0.465 e. The summed E-state index contributed by atoms with van der Waals surface area (Å²) in [6.45, 7) is 0.921. The van der Waals surface area contributed by atoms with Crippen molar-refractivity contribution >= 4 is 17.5 Å². The highest BCUT2D eigenvalue weighted by Crippen LogP contribution is 2.32. The van der Waals surface area contributed by atoms with Gasteiger partial charge in [0.1, 0.15) is 5.82 Å². The molecule has 0 amide bonds. The second-order valence-electron chi connectivity index (χ2n) is 4.43. The Morgan fingerprint density at radius 1 is 1.26 bits per heavy atom. The van der Waals surface area contributed by atoms with Crippen molar-refractivity contribution in [2.24, 2.45) is 0 Å². The fourth-order valence-corrected chi connectivity index (χ4v) is 2.36. The standard InChI is InChI=1S/C15H14N2O2/c1-19-15(18)12-6-7-14(16-10-12)17-9-8-11-4-2-3-5-13(11)17/h2-7,10H,8-9H2,1H3. The molecule has 0 saturated carbocycles. The van der Waals surface area contributed by atoms with Gasteiger partial charge in [0.25, 0.3) is 0 Å². The van der Waals surface area contributed by atoms with E-state index in [0.29, 0.717) is 5.56 Å². The Hall–Kier alpha value is -2.36. The highest BCUT2D eigenvalue weighted by Gasteiger charge is 2.20. The molecule has 1 aliphatic rings. The first-order valence-electron chi connectivity index (χ1n) is 6.19. The van der Waals surface area contributed by atoms with Gasteiger partial charge in [-0.15, -0.1) is 0 Å². The lowest BCUT2D eigenvalue weighted by molar-refractivity contribution is 0.0600. The number of para-hydroxylation sites is 1. The van der Waals surface area contributed by atoms with E-state index in [0.717, 1.165) is 18.8 Å². The topological polar surface area (TPSA) is 42.4 Å². The average molecular weight is 254 g/mol. The Morgan fingerprint density at radius 2 is 2.11 bits per heavy atom. The van der Waals surface area contributed by atoms with Crippen LogP contribution < -0.4 is 4.90 Å². The predicted molar refractivity (Wildman–Crippen MR) is 72.7 cm³/mol. The zero-order valence-corrected chi connectivity index (χ0v) is 10.7. The van der Waals surface area contributed by atoms with Crippen LogP contribution in [0.5, 0.6) is 0 Å². The molecule has 0 saturated heterocycles. The molecule has 2 aromatic rings. The number of rotatable bonds is 2. The van der Waals surface area contributed by atoms with E-state index >= 15 is 0 Å². The molecule has 4 nitrogen and oxygen atoms in total. The molecular weight excluding hydrogens is 240 g/mol. The van der Waals surface area contributed by atoms with Gasteiger partial charge in [-0.25, -0.2) is 9.78 Å². The number of benzene rings is 1. The van der Waals surface area contributed by atoms with Crippen molar-refractivity contribution in [3.05, 3.63) is 53.7 Å². The number of carbonyl (C=O) groups is 1. The van der Waals surface area contributed by atoms with Gasteiger partial charge in [0, 0.05) is 18.4 Å². The largest absolute Gasteiger partial charge is 0.465 e. The monoisotopic (exact) mass is 254 g/mol. The van der Waals surface area contributed by atoms with Gasteiger partial charge < -0.3 is 9.64 Å². The molecule has 0 unspecified atom stereocenters. The van der Waals surface area contributed by atoms with Gasteiger partial charge in [-0.3, -0.25) is 0 Å². The Morgan fingerprint density at radius 3 is 2.84 bits per heavy atom. The third-order valence-corrected chi connectivity index (χ3v) is 3.33. The summed E-state index contributed by atoms with van der Waals surface area (Å²) in [6.07, 6.45) is 2.58. The summed E-state index contributed by atoms with van der Waals surface area (Å²) < 4.78 is 4.67. The summed E-state index contributed by atoms with van der Waals surface area (Å²) in [5.74, 6) is 0.499. The van der Waals surface area contributed by atoms with Crippen molar-refractivity contribution in [3.63, 3.8) is 0 Å². The molecule has 0 bridgehead atoms. The lowest BCUT2D eigenvalue weighted by atomic mass is 10.2. The first-order valence-corrected chi connectivity index (χ1v) is 6.19. The van der Waals surface area contributed by atoms with Crippen LogP contribution in [0.25, 0.3) is 0 Å². The summed E-state index contributed by atoms with van der Waals surface area (Å²) in [7, 11) is 1.37. The first-order chi connectivity index (χ1) is 9.29. The van der Waals surface area contributed by atoms with Crippen LogP contribution in [0.15, 0.2) is 42.6 Å². The number of fused-ring (bicyclic) bond motifs is 1. The van der Waals surface area contributed by atoms with Gasteiger partial charge >= 0.3 is 5.97 Å². The van der Waals surface area contributed by atoms with Crippen molar-refractivity contribution in [2.75, 3.05) is 18.6 Å². The molecule has 0 atom stereocenters. The van der Waals surface area contributed by atoms with E-state index in [1.54, 1.807) is 12.3 Å². The number of anilines is 2. The molecule has 96 valence electrons. The molecule has 0 radical (unpaired) electrons. The van der Waals surface area contributed by atoms with Crippen LogP contribution in [0, 0.1) is 0 Å². The SMILES string of the molecule is COC(=O)c1ccc(N2CCc3ccccc32)nc1. The van der Waals surface area contributed by atoms with E-state index in [9.17, 15) is 4.79 Å². The minimum absolute atomic E-state index is 0.360. The maximum Gasteiger partial charge on any atom is 0.339 e. The van der Waals surface area contributed by atoms with Crippen molar-refractivity contribution in [1.29, 1.82) is 0 Å². The van der Waals surface area contributed by atoms with Gasteiger partial charge in [-0.1, -0.05) is 18.2 Å². The van der Waals surface area contributed by atoms with E-state index in [2.05, 4.69) is 32.8 Å². The quantitative estimate of drug-likeness (QED) is 0.772. The van der Waals surface area contributed by atoms with Gasteiger partial charge in [0.2, 0.25) is 0 Å². The highest BCUT2D eigenvalue weighted by atomic mass is 16.5. The predicted octanol–water partition coefficient (Wildman–Crippen LogP) is 2.56. The van der Waals surface area contributed by atoms with Gasteiger partial charge in [-0.2, -0.15) is 0 Å². The van der Waals surface area contributed by atoms with E-state index in [1.807, 2.05) is 12.1 Å². The third kappa shape index (κ3) is 2.05. The lowest BCUT2D eigenvalue weighted by Crippen LogP contribution is -2.15. The number of pyridine rings is 1. The van der Waals surface area contributed by atoms with Crippen LogP contribution in [-0.2, 0) is 11.2 Å². The van der Waals surface area contributed by atoms with Gasteiger partial charge in [0.15, 0.2) is 0 Å². The second-order valence-corrected chi connectivity index (χ2v) is 4.43. The molecule has 19 heavy (non-hydrogen) atoms. The maximum absolute atomic E-state index is 11.4. The number of nitrogens with zero attached hydrogens (tertiary/aromatic N) is 2. The number of esters is 1. The molecular formula is C15H14N2O2. The van der Waals surface area contributed by atoms with Crippen LogP contribution in [0.1, 0.15) is 15.9 Å². The Labute approximate surface area is 111 Å². The summed E-state index contributed by atoms with van der Waals surface area (Å²) in [4.78, 5) is 17.9. The molecule has 0 N–H and O–H groups in total. The molecule has 1 aromatic carbocycles. The summed E-state index contributed by atoms with van der Waals surface area (Å²) in [5.41, 5.74) is 3.00. The van der Waals surface area contributed by atoms with E-state index in [-0.39, 0.29) is 5.97 Å². The molecule has 3 rings (SSSR count). The molecule has 0 aliphatic carbocycles. The molecule has 4 heteroatoms. The number of hydrogen-bond acceptors (Lipinski definition) is 4. The lowest BCUT2D eigenvalue weighted by Gasteiger charge is -2.18. The minimum atomic E-state index is -0.360. The molecule has 2 heterocycles. The van der Waals surface area contributed by atoms with E-state index < -0.39 is 0 Å².